The van der Waals surface area contributed by atoms with Crippen LogP contribution in [-0.2, 0) is 0 Å². The van der Waals surface area contributed by atoms with Crippen LogP contribution in [-0.4, -0.2) is 19.1 Å². The molecule has 5 aromatic carbocycles. The molecule has 0 bridgehead atoms. The summed E-state index contributed by atoms with van der Waals surface area (Å²) in [5.74, 6) is 2.24. The maximum absolute atomic E-state index is 6.22. The Labute approximate surface area is 223 Å². The standard InChI is InChI=1S/C34H20N4O/c1-2-9-22(10-3-1)38-27-14-6-4-11-23(27)24-18-17-21-19-20-37(32(21)33(24)38)34-35-26-13-8-16-29-30(26)31(36-34)25-12-5-7-15-28(25)39-29/h1-20H. The van der Waals surface area contributed by atoms with Gasteiger partial charge in [0.25, 0.3) is 0 Å². The first kappa shape index (κ1) is 20.6. The minimum absolute atomic E-state index is 0.638. The molecular formula is C34H20N4O. The molecule has 8 aromatic rings. The third-order valence-electron chi connectivity index (χ3n) is 7.75. The van der Waals surface area contributed by atoms with Crippen molar-refractivity contribution in [3.05, 3.63) is 121 Å². The number of hydrogen-bond acceptors (Lipinski definition) is 3. The molecule has 9 rings (SSSR count). The lowest BCUT2D eigenvalue weighted by Crippen LogP contribution is -2.06. The Morgan fingerprint density at radius 2 is 1.41 bits per heavy atom. The highest BCUT2D eigenvalue weighted by Gasteiger charge is 2.24. The molecule has 182 valence electrons. The molecule has 3 aromatic heterocycles. The van der Waals surface area contributed by atoms with Crippen molar-refractivity contribution in [1.82, 2.24) is 19.1 Å². The third-order valence-corrected chi connectivity index (χ3v) is 7.75. The van der Waals surface area contributed by atoms with Gasteiger partial charge in [0.05, 0.1) is 33.1 Å². The first-order valence-corrected chi connectivity index (χ1v) is 13.0. The van der Waals surface area contributed by atoms with Gasteiger partial charge in [-0.25, -0.2) is 9.97 Å². The van der Waals surface area contributed by atoms with Crippen LogP contribution in [0.25, 0.3) is 66.5 Å². The Balaban J connectivity index is 1.42. The topological polar surface area (TPSA) is 44.9 Å². The summed E-state index contributed by atoms with van der Waals surface area (Å²) in [5.41, 5.74) is 7.24. The lowest BCUT2D eigenvalue weighted by atomic mass is 10.0. The van der Waals surface area contributed by atoms with Crippen LogP contribution >= 0.6 is 0 Å². The van der Waals surface area contributed by atoms with Crippen molar-refractivity contribution in [3.8, 4) is 34.4 Å². The molecule has 0 saturated heterocycles. The average molecular weight is 501 g/mol. The number of ether oxygens (including phenoxy) is 1. The van der Waals surface area contributed by atoms with Crippen LogP contribution < -0.4 is 4.74 Å². The molecule has 4 heterocycles. The largest absolute Gasteiger partial charge is 0.456 e. The smallest absolute Gasteiger partial charge is 0.235 e. The van der Waals surface area contributed by atoms with Gasteiger partial charge in [-0.3, -0.25) is 4.57 Å². The number of nitrogens with zero attached hydrogens (tertiary/aromatic N) is 4. The van der Waals surface area contributed by atoms with Gasteiger partial charge < -0.3 is 9.30 Å². The molecular weight excluding hydrogens is 480 g/mol. The van der Waals surface area contributed by atoms with Gasteiger partial charge in [0, 0.05) is 33.6 Å². The summed E-state index contributed by atoms with van der Waals surface area (Å²) in [4.78, 5) is 10.3. The number of benzene rings is 5. The first-order valence-electron chi connectivity index (χ1n) is 13.0. The second-order valence-electron chi connectivity index (χ2n) is 9.89. The molecule has 5 nitrogen and oxygen atoms in total. The summed E-state index contributed by atoms with van der Waals surface area (Å²) in [7, 11) is 0. The molecule has 0 unspecified atom stereocenters. The Morgan fingerprint density at radius 1 is 0.590 bits per heavy atom. The molecule has 0 spiro atoms. The second kappa shape index (κ2) is 7.55. The first-order chi connectivity index (χ1) is 19.3. The van der Waals surface area contributed by atoms with Crippen LogP contribution in [0.15, 0.2) is 121 Å². The third kappa shape index (κ3) is 2.79. The van der Waals surface area contributed by atoms with Crippen molar-refractivity contribution >= 4 is 43.6 Å². The van der Waals surface area contributed by atoms with Gasteiger partial charge in [-0.05, 0) is 48.5 Å². The van der Waals surface area contributed by atoms with Crippen molar-refractivity contribution in [3.63, 3.8) is 0 Å². The summed E-state index contributed by atoms with van der Waals surface area (Å²) in [6, 6.07) is 39.8. The van der Waals surface area contributed by atoms with E-state index in [1.165, 1.54) is 16.3 Å². The van der Waals surface area contributed by atoms with E-state index >= 15 is 0 Å². The van der Waals surface area contributed by atoms with E-state index in [0.29, 0.717) is 5.95 Å². The summed E-state index contributed by atoms with van der Waals surface area (Å²) in [6.07, 6.45) is 2.08. The van der Waals surface area contributed by atoms with Gasteiger partial charge in [0.1, 0.15) is 11.5 Å². The highest BCUT2D eigenvalue weighted by atomic mass is 16.5. The molecule has 0 N–H and O–H groups in total. The minimum Gasteiger partial charge on any atom is -0.456 e. The Hall–Kier alpha value is -5.42. The van der Waals surface area contributed by atoms with Crippen LogP contribution in [0.5, 0.6) is 11.5 Å². The normalized spacial score (nSPS) is 12.3. The molecule has 1 aliphatic rings. The van der Waals surface area contributed by atoms with Gasteiger partial charge >= 0.3 is 0 Å². The zero-order valence-electron chi connectivity index (χ0n) is 20.7. The highest BCUT2D eigenvalue weighted by molar-refractivity contribution is 6.18. The number of rotatable bonds is 2. The molecule has 0 saturated carbocycles. The predicted octanol–water partition coefficient (Wildman–Crippen LogP) is 8.44. The van der Waals surface area contributed by atoms with E-state index < -0.39 is 0 Å². The Bertz CT molecular complexity index is 2260. The zero-order valence-corrected chi connectivity index (χ0v) is 20.7. The Kier molecular flexibility index (Phi) is 3.99. The van der Waals surface area contributed by atoms with E-state index in [-0.39, 0.29) is 0 Å². The fourth-order valence-electron chi connectivity index (χ4n) is 6.08. The second-order valence-corrected chi connectivity index (χ2v) is 9.89. The number of hydrogen-bond donors (Lipinski definition) is 0. The summed E-state index contributed by atoms with van der Waals surface area (Å²) >= 11 is 0. The molecule has 0 amide bonds. The van der Waals surface area contributed by atoms with Gasteiger partial charge in [0.15, 0.2) is 0 Å². The van der Waals surface area contributed by atoms with E-state index in [4.69, 9.17) is 14.7 Å². The fourth-order valence-corrected chi connectivity index (χ4v) is 6.08. The maximum Gasteiger partial charge on any atom is 0.235 e. The highest BCUT2D eigenvalue weighted by Crippen LogP contribution is 2.45. The molecule has 1 aliphatic heterocycles. The summed E-state index contributed by atoms with van der Waals surface area (Å²) < 4.78 is 10.7. The van der Waals surface area contributed by atoms with E-state index in [0.717, 1.165) is 55.8 Å². The summed E-state index contributed by atoms with van der Waals surface area (Å²) in [6.45, 7) is 0. The minimum atomic E-state index is 0.638. The quantitative estimate of drug-likeness (QED) is 0.239. The monoisotopic (exact) mass is 500 g/mol. The van der Waals surface area contributed by atoms with E-state index in [9.17, 15) is 0 Å². The van der Waals surface area contributed by atoms with Crippen molar-refractivity contribution in [2.75, 3.05) is 0 Å². The molecule has 5 heteroatoms. The van der Waals surface area contributed by atoms with Crippen molar-refractivity contribution in [2.45, 2.75) is 0 Å². The van der Waals surface area contributed by atoms with Crippen LogP contribution in [0, 0.1) is 0 Å². The Morgan fingerprint density at radius 3 is 2.36 bits per heavy atom. The molecule has 0 atom stereocenters. The van der Waals surface area contributed by atoms with Gasteiger partial charge in [-0.1, -0.05) is 66.7 Å². The van der Waals surface area contributed by atoms with Crippen molar-refractivity contribution < 1.29 is 4.74 Å². The van der Waals surface area contributed by atoms with Crippen molar-refractivity contribution in [2.24, 2.45) is 0 Å². The molecule has 0 aliphatic carbocycles. The number of aromatic nitrogens is 4. The SMILES string of the molecule is c1ccc(-n2c3ccccc3c3ccc4ccn(-c5nc6c7c(cccc7n5)Oc5ccccc5-6)c4c32)cc1. The van der Waals surface area contributed by atoms with Crippen LogP contribution in [0.1, 0.15) is 0 Å². The van der Waals surface area contributed by atoms with E-state index in [1.54, 1.807) is 0 Å². The lowest BCUT2D eigenvalue weighted by Gasteiger charge is -2.20. The average Bonchev–Trinajstić information content (AvgIpc) is 3.57. The summed E-state index contributed by atoms with van der Waals surface area (Å²) in [5, 5.41) is 4.50. The van der Waals surface area contributed by atoms with Gasteiger partial charge in [-0.15, -0.1) is 0 Å². The molecule has 0 fully saturated rings. The molecule has 39 heavy (non-hydrogen) atoms. The van der Waals surface area contributed by atoms with Crippen LogP contribution in [0.4, 0.5) is 0 Å². The lowest BCUT2D eigenvalue weighted by molar-refractivity contribution is 0.486. The van der Waals surface area contributed by atoms with E-state index in [2.05, 4.69) is 94.2 Å². The van der Waals surface area contributed by atoms with E-state index in [1.807, 2.05) is 36.4 Å². The van der Waals surface area contributed by atoms with Gasteiger partial charge in [-0.2, -0.15) is 0 Å². The fraction of sp³-hybridized carbons (Fsp3) is 0. The van der Waals surface area contributed by atoms with Crippen molar-refractivity contribution in [1.29, 1.82) is 0 Å². The van der Waals surface area contributed by atoms with Crippen LogP contribution in [0.3, 0.4) is 0 Å². The van der Waals surface area contributed by atoms with Gasteiger partial charge in [0.2, 0.25) is 5.95 Å². The molecule has 0 radical (unpaired) electrons. The number of fused-ring (bicyclic) bond motifs is 7. The number of para-hydroxylation sites is 3. The maximum atomic E-state index is 6.22. The zero-order chi connectivity index (χ0) is 25.5. The predicted molar refractivity (Wildman–Crippen MR) is 156 cm³/mol. The van der Waals surface area contributed by atoms with Crippen LogP contribution in [0.2, 0.25) is 0 Å².